The number of ether oxygens (including phenoxy) is 2. The number of amides is 2. The van der Waals surface area contributed by atoms with E-state index in [2.05, 4.69) is 10.6 Å². The van der Waals surface area contributed by atoms with E-state index in [9.17, 15) is 14.9 Å². The molecular weight excluding hydrogens is 370 g/mol. The van der Waals surface area contributed by atoms with Crippen molar-refractivity contribution in [3.63, 3.8) is 0 Å². The fourth-order valence-corrected chi connectivity index (χ4v) is 2.46. The van der Waals surface area contributed by atoms with E-state index in [1.54, 1.807) is 42.5 Å². The van der Waals surface area contributed by atoms with Crippen LogP contribution in [0.5, 0.6) is 11.5 Å². The molecule has 0 saturated heterocycles. The van der Waals surface area contributed by atoms with Crippen molar-refractivity contribution in [3.05, 3.63) is 53.6 Å². The summed E-state index contributed by atoms with van der Waals surface area (Å²) in [5.41, 5.74) is 1.70. The third kappa shape index (κ3) is 6.40. The quantitative estimate of drug-likeness (QED) is 0.522. The lowest BCUT2D eigenvalue weighted by molar-refractivity contribution is -0.114. The number of nitriles is 1. The normalized spacial score (nSPS) is 10.6. The van der Waals surface area contributed by atoms with Crippen molar-refractivity contribution >= 4 is 29.3 Å². The summed E-state index contributed by atoms with van der Waals surface area (Å²) in [4.78, 5) is 23.5. The summed E-state index contributed by atoms with van der Waals surface area (Å²) in [6.07, 6.45) is 2.35. The van der Waals surface area contributed by atoms with E-state index in [-0.39, 0.29) is 11.5 Å². The average molecular weight is 393 g/mol. The monoisotopic (exact) mass is 393 g/mol. The summed E-state index contributed by atoms with van der Waals surface area (Å²) in [6.45, 7) is 3.99. The number of rotatable bonds is 8. The molecule has 0 aliphatic heterocycles. The SMILES string of the molecule is CCCOc1ccc(/C=C(\C#N)C(=O)Nc2ccc(NC(C)=O)cc2)cc1OC. The molecule has 0 saturated carbocycles. The van der Waals surface area contributed by atoms with Gasteiger partial charge in [-0.25, -0.2) is 0 Å². The zero-order chi connectivity index (χ0) is 21.2. The van der Waals surface area contributed by atoms with Crippen LogP contribution in [0.4, 0.5) is 11.4 Å². The van der Waals surface area contributed by atoms with Gasteiger partial charge in [0.1, 0.15) is 11.6 Å². The minimum absolute atomic E-state index is 0.0554. The molecule has 0 aliphatic rings. The van der Waals surface area contributed by atoms with Crippen LogP contribution >= 0.6 is 0 Å². The fourth-order valence-electron chi connectivity index (χ4n) is 2.46. The lowest BCUT2D eigenvalue weighted by atomic mass is 10.1. The van der Waals surface area contributed by atoms with E-state index in [1.165, 1.54) is 20.1 Å². The highest BCUT2D eigenvalue weighted by Gasteiger charge is 2.11. The van der Waals surface area contributed by atoms with E-state index in [0.717, 1.165) is 6.42 Å². The van der Waals surface area contributed by atoms with Gasteiger partial charge in [0.05, 0.1) is 13.7 Å². The first-order chi connectivity index (χ1) is 14.0. The van der Waals surface area contributed by atoms with E-state index < -0.39 is 5.91 Å². The van der Waals surface area contributed by atoms with Gasteiger partial charge in [-0.2, -0.15) is 5.26 Å². The largest absolute Gasteiger partial charge is 0.493 e. The molecule has 0 heterocycles. The maximum atomic E-state index is 12.4. The molecule has 0 atom stereocenters. The van der Waals surface area contributed by atoms with Crippen molar-refractivity contribution in [1.29, 1.82) is 5.26 Å². The molecule has 2 aromatic rings. The molecule has 7 heteroatoms. The predicted molar refractivity (Wildman–Crippen MR) is 112 cm³/mol. The molecule has 0 spiro atoms. The van der Waals surface area contributed by atoms with Gasteiger partial charge in [-0.1, -0.05) is 13.0 Å². The van der Waals surface area contributed by atoms with Gasteiger partial charge in [0.15, 0.2) is 11.5 Å². The molecule has 0 aliphatic carbocycles. The summed E-state index contributed by atoms with van der Waals surface area (Å²) in [5, 5.41) is 14.7. The Kier molecular flexibility index (Phi) is 7.80. The highest BCUT2D eigenvalue weighted by Crippen LogP contribution is 2.29. The van der Waals surface area contributed by atoms with Crippen LogP contribution in [0.3, 0.4) is 0 Å². The Hall–Kier alpha value is -3.79. The molecule has 2 rings (SSSR count). The molecule has 2 aromatic carbocycles. The van der Waals surface area contributed by atoms with Crippen LogP contribution in [0.15, 0.2) is 48.0 Å². The summed E-state index contributed by atoms with van der Waals surface area (Å²) < 4.78 is 10.9. The highest BCUT2D eigenvalue weighted by atomic mass is 16.5. The zero-order valence-corrected chi connectivity index (χ0v) is 16.6. The standard InChI is InChI=1S/C22H23N3O4/c1-4-11-29-20-10-5-16(13-21(20)28-3)12-17(14-23)22(27)25-19-8-6-18(7-9-19)24-15(2)26/h5-10,12-13H,4,11H2,1-3H3,(H,24,26)(H,25,27)/b17-12+. The molecule has 0 unspecified atom stereocenters. The molecule has 150 valence electrons. The Labute approximate surface area is 169 Å². The van der Waals surface area contributed by atoms with Crippen LogP contribution in [0.1, 0.15) is 25.8 Å². The number of hydrogen-bond acceptors (Lipinski definition) is 5. The van der Waals surface area contributed by atoms with Crippen molar-refractivity contribution in [3.8, 4) is 17.6 Å². The predicted octanol–water partition coefficient (Wildman–Crippen LogP) is 3.99. The number of nitrogens with one attached hydrogen (secondary N) is 2. The molecule has 0 radical (unpaired) electrons. The van der Waals surface area contributed by atoms with E-state index in [0.29, 0.717) is 35.0 Å². The second-order valence-electron chi connectivity index (χ2n) is 6.14. The number of methoxy groups -OCH3 is 1. The second-order valence-corrected chi connectivity index (χ2v) is 6.14. The molecule has 29 heavy (non-hydrogen) atoms. The Bertz CT molecular complexity index is 944. The number of carbonyl (C=O) groups is 2. The molecule has 2 N–H and O–H groups in total. The Morgan fingerprint density at radius 2 is 1.72 bits per heavy atom. The summed E-state index contributed by atoms with van der Waals surface area (Å²) in [6, 6.07) is 13.7. The van der Waals surface area contributed by atoms with Crippen molar-refractivity contribution in [2.24, 2.45) is 0 Å². The first kappa shape index (κ1) is 21.5. The lowest BCUT2D eigenvalue weighted by Crippen LogP contribution is -2.13. The van der Waals surface area contributed by atoms with Crippen molar-refractivity contribution in [2.45, 2.75) is 20.3 Å². The third-order valence-electron chi connectivity index (χ3n) is 3.79. The molecule has 7 nitrogen and oxygen atoms in total. The lowest BCUT2D eigenvalue weighted by Gasteiger charge is -2.11. The van der Waals surface area contributed by atoms with Gasteiger partial charge in [-0.15, -0.1) is 0 Å². The molecule has 0 aromatic heterocycles. The van der Waals surface area contributed by atoms with Gasteiger partial charge in [0, 0.05) is 18.3 Å². The van der Waals surface area contributed by atoms with Crippen LogP contribution < -0.4 is 20.1 Å². The Morgan fingerprint density at radius 1 is 1.07 bits per heavy atom. The van der Waals surface area contributed by atoms with Crippen LogP contribution in [0.25, 0.3) is 6.08 Å². The Morgan fingerprint density at radius 3 is 2.28 bits per heavy atom. The van der Waals surface area contributed by atoms with Crippen molar-refractivity contribution in [1.82, 2.24) is 0 Å². The van der Waals surface area contributed by atoms with E-state index in [1.807, 2.05) is 13.0 Å². The van der Waals surface area contributed by atoms with Crippen molar-refractivity contribution < 1.29 is 19.1 Å². The smallest absolute Gasteiger partial charge is 0.266 e. The fraction of sp³-hybridized carbons (Fsp3) is 0.227. The number of benzene rings is 2. The van der Waals surface area contributed by atoms with Gasteiger partial charge in [-0.3, -0.25) is 9.59 Å². The van der Waals surface area contributed by atoms with Crippen LogP contribution in [0.2, 0.25) is 0 Å². The maximum Gasteiger partial charge on any atom is 0.266 e. The molecule has 0 bridgehead atoms. The van der Waals surface area contributed by atoms with Crippen LogP contribution in [-0.4, -0.2) is 25.5 Å². The van der Waals surface area contributed by atoms with E-state index >= 15 is 0 Å². The third-order valence-corrected chi connectivity index (χ3v) is 3.79. The van der Waals surface area contributed by atoms with Crippen LogP contribution in [-0.2, 0) is 9.59 Å². The van der Waals surface area contributed by atoms with Gasteiger partial charge >= 0.3 is 0 Å². The number of hydrogen-bond donors (Lipinski definition) is 2. The Balaban J connectivity index is 2.15. The molecule has 0 fully saturated rings. The zero-order valence-electron chi connectivity index (χ0n) is 16.6. The molecule has 2 amide bonds. The number of carbonyl (C=O) groups excluding carboxylic acids is 2. The first-order valence-corrected chi connectivity index (χ1v) is 9.08. The highest BCUT2D eigenvalue weighted by molar-refractivity contribution is 6.09. The minimum Gasteiger partial charge on any atom is -0.493 e. The second kappa shape index (κ2) is 10.5. The topological polar surface area (TPSA) is 100 Å². The first-order valence-electron chi connectivity index (χ1n) is 9.08. The molecular formula is C22H23N3O4. The van der Waals surface area contributed by atoms with Crippen molar-refractivity contribution in [2.75, 3.05) is 24.4 Å². The van der Waals surface area contributed by atoms with Gasteiger partial charge in [-0.05, 0) is 54.5 Å². The number of nitrogens with zero attached hydrogens (tertiary/aromatic N) is 1. The summed E-state index contributed by atoms with van der Waals surface area (Å²) >= 11 is 0. The van der Waals surface area contributed by atoms with Gasteiger partial charge < -0.3 is 20.1 Å². The van der Waals surface area contributed by atoms with E-state index in [4.69, 9.17) is 9.47 Å². The summed E-state index contributed by atoms with van der Waals surface area (Å²) in [7, 11) is 1.53. The number of anilines is 2. The van der Waals surface area contributed by atoms with Crippen LogP contribution in [0, 0.1) is 11.3 Å². The minimum atomic E-state index is -0.537. The van der Waals surface area contributed by atoms with Gasteiger partial charge in [0.2, 0.25) is 5.91 Å². The average Bonchev–Trinajstić information content (AvgIpc) is 2.71. The van der Waals surface area contributed by atoms with Gasteiger partial charge in [0.25, 0.3) is 5.91 Å². The maximum absolute atomic E-state index is 12.4. The summed E-state index contributed by atoms with van der Waals surface area (Å²) in [5.74, 6) is 0.412.